The number of halogens is 1. The second kappa shape index (κ2) is 6.22. The summed E-state index contributed by atoms with van der Waals surface area (Å²) < 4.78 is 12.8. The van der Waals surface area contributed by atoms with E-state index in [0.29, 0.717) is 6.54 Å². The normalized spacial score (nSPS) is 11.1. The fraction of sp³-hybridized carbons (Fsp3) is 0.0588. The van der Waals surface area contributed by atoms with Crippen molar-refractivity contribution in [2.24, 2.45) is 0 Å². The van der Waals surface area contributed by atoms with Crippen LogP contribution in [-0.2, 0) is 11.3 Å². The fourth-order valence-corrected chi connectivity index (χ4v) is 2.13. The average molecular weight is 295 g/mol. The lowest BCUT2D eigenvalue weighted by Gasteiger charge is -2.02. The van der Waals surface area contributed by atoms with E-state index in [1.807, 2.05) is 12.1 Å². The summed E-state index contributed by atoms with van der Waals surface area (Å²) in [5.74, 6) is -0.495. The van der Waals surface area contributed by atoms with Gasteiger partial charge in [-0.1, -0.05) is 12.1 Å². The second-order valence-electron chi connectivity index (χ2n) is 4.82. The largest absolute Gasteiger partial charge is 0.348 e. The van der Waals surface area contributed by atoms with Crippen LogP contribution in [0.1, 0.15) is 11.1 Å². The van der Waals surface area contributed by atoms with Crippen molar-refractivity contribution < 1.29 is 9.18 Å². The van der Waals surface area contributed by atoms with E-state index in [-0.39, 0.29) is 11.7 Å². The van der Waals surface area contributed by atoms with Gasteiger partial charge in [0.05, 0.1) is 0 Å². The van der Waals surface area contributed by atoms with Gasteiger partial charge in [0.25, 0.3) is 0 Å². The molecular weight excluding hydrogens is 281 g/mol. The number of hydrogen-bond donors (Lipinski definition) is 2. The van der Waals surface area contributed by atoms with Crippen LogP contribution in [0.25, 0.3) is 17.1 Å². The first-order valence-electron chi connectivity index (χ1n) is 6.85. The van der Waals surface area contributed by atoms with Crippen molar-refractivity contribution in [1.82, 2.24) is 15.3 Å². The highest BCUT2D eigenvalue weighted by Crippen LogP contribution is 2.16. The number of nitrogens with zero attached hydrogens (tertiary/aromatic N) is 1. The molecule has 3 rings (SSSR count). The van der Waals surface area contributed by atoms with Gasteiger partial charge in [0, 0.05) is 36.0 Å². The van der Waals surface area contributed by atoms with Crippen LogP contribution in [0.3, 0.4) is 0 Å². The number of pyridine rings is 1. The predicted molar refractivity (Wildman–Crippen MR) is 83.4 cm³/mol. The van der Waals surface area contributed by atoms with Gasteiger partial charge in [-0.2, -0.15) is 0 Å². The van der Waals surface area contributed by atoms with Crippen molar-refractivity contribution >= 4 is 23.0 Å². The Morgan fingerprint density at radius 3 is 2.91 bits per heavy atom. The molecule has 5 heteroatoms. The monoisotopic (exact) mass is 295 g/mol. The van der Waals surface area contributed by atoms with E-state index >= 15 is 0 Å². The molecule has 110 valence electrons. The smallest absolute Gasteiger partial charge is 0.244 e. The number of hydrogen-bond acceptors (Lipinski definition) is 2. The molecule has 3 aromatic rings. The molecule has 0 radical (unpaired) electrons. The molecule has 0 fully saturated rings. The molecule has 1 aromatic carbocycles. The zero-order valence-corrected chi connectivity index (χ0v) is 11.7. The molecule has 0 bridgehead atoms. The predicted octanol–water partition coefficient (Wildman–Crippen LogP) is 3.03. The molecule has 0 saturated carbocycles. The van der Waals surface area contributed by atoms with E-state index in [0.717, 1.165) is 22.2 Å². The Morgan fingerprint density at radius 1 is 1.27 bits per heavy atom. The number of benzene rings is 1. The van der Waals surface area contributed by atoms with Crippen molar-refractivity contribution in [2.45, 2.75) is 6.54 Å². The van der Waals surface area contributed by atoms with Crippen molar-refractivity contribution in [1.29, 1.82) is 0 Å². The minimum absolute atomic E-state index is 0.206. The van der Waals surface area contributed by atoms with Gasteiger partial charge in [-0.05, 0) is 35.9 Å². The van der Waals surface area contributed by atoms with E-state index in [9.17, 15) is 9.18 Å². The number of amides is 1. The lowest BCUT2D eigenvalue weighted by atomic mass is 10.2. The quantitative estimate of drug-likeness (QED) is 0.727. The summed E-state index contributed by atoms with van der Waals surface area (Å²) in [7, 11) is 0. The summed E-state index contributed by atoms with van der Waals surface area (Å²) in [6, 6.07) is 9.82. The molecule has 0 aliphatic carbocycles. The van der Waals surface area contributed by atoms with Crippen LogP contribution in [0.2, 0.25) is 0 Å². The van der Waals surface area contributed by atoms with E-state index < -0.39 is 0 Å². The highest BCUT2D eigenvalue weighted by molar-refractivity contribution is 5.95. The highest BCUT2D eigenvalue weighted by Gasteiger charge is 2.02. The third kappa shape index (κ3) is 3.20. The van der Waals surface area contributed by atoms with Gasteiger partial charge >= 0.3 is 0 Å². The van der Waals surface area contributed by atoms with Gasteiger partial charge in [0.1, 0.15) is 11.5 Å². The summed E-state index contributed by atoms with van der Waals surface area (Å²) in [5, 5.41) is 3.72. The Morgan fingerprint density at radius 2 is 2.09 bits per heavy atom. The van der Waals surface area contributed by atoms with Gasteiger partial charge < -0.3 is 10.3 Å². The number of H-pyrrole nitrogens is 1. The zero-order chi connectivity index (χ0) is 15.4. The molecule has 2 N–H and O–H groups in total. The Labute approximate surface area is 126 Å². The van der Waals surface area contributed by atoms with Crippen molar-refractivity contribution in [2.75, 3.05) is 0 Å². The molecule has 2 aromatic heterocycles. The molecule has 0 spiro atoms. The average Bonchev–Trinajstić information content (AvgIpc) is 2.96. The van der Waals surface area contributed by atoms with Crippen molar-refractivity contribution in [3.05, 3.63) is 71.8 Å². The summed E-state index contributed by atoms with van der Waals surface area (Å²) in [4.78, 5) is 19.1. The Kier molecular flexibility index (Phi) is 3.96. The van der Waals surface area contributed by atoms with Crippen molar-refractivity contribution in [3.63, 3.8) is 0 Å². The maximum atomic E-state index is 12.8. The first-order chi connectivity index (χ1) is 10.7. The van der Waals surface area contributed by atoms with Crippen LogP contribution in [-0.4, -0.2) is 15.9 Å². The number of rotatable bonds is 4. The van der Waals surface area contributed by atoms with Crippen LogP contribution in [0.15, 0.2) is 54.9 Å². The third-order valence-corrected chi connectivity index (χ3v) is 3.28. The third-order valence-electron chi connectivity index (χ3n) is 3.28. The highest BCUT2D eigenvalue weighted by atomic mass is 19.1. The molecule has 0 aliphatic heterocycles. The molecule has 4 nitrogen and oxygen atoms in total. The molecule has 22 heavy (non-hydrogen) atoms. The van der Waals surface area contributed by atoms with Gasteiger partial charge in [0.15, 0.2) is 0 Å². The van der Waals surface area contributed by atoms with E-state index in [4.69, 9.17) is 0 Å². The maximum absolute atomic E-state index is 12.8. The van der Waals surface area contributed by atoms with E-state index in [1.54, 1.807) is 30.6 Å². The maximum Gasteiger partial charge on any atom is 0.244 e. The molecular formula is C17H14FN3O. The molecule has 0 saturated heterocycles. The van der Waals surface area contributed by atoms with Crippen molar-refractivity contribution in [3.8, 4) is 0 Å². The van der Waals surface area contributed by atoms with Crippen LogP contribution >= 0.6 is 0 Å². The Balaban J connectivity index is 1.62. The lowest BCUT2D eigenvalue weighted by molar-refractivity contribution is -0.116. The number of aromatic amines is 1. The zero-order valence-electron chi connectivity index (χ0n) is 11.7. The van der Waals surface area contributed by atoms with Gasteiger partial charge in [0.2, 0.25) is 5.91 Å². The van der Waals surface area contributed by atoms with E-state index in [2.05, 4.69) is 15.3 Å². The van der Waals surface area contributed by atoms with Gasteiger partial charge in [-0.25, -0.2) is 9.37 Å². The van der Waals surface area contributed by atoms with E-state index in [1.165, 1.54) is 18.2 Å². The number of fused-ring (bicyclic) bond motifs is 1. The summed E-state index contributed by atoms with van der Waals surface area (Å²) >= 11 is 0. The number of aromatic nitrogens is 2. The molecule has 0 aliphatic rings. The van der Waals surface area contributed by atoms with Crippen LogP contribution < -0.4 is 5.32 Å². The summed E-state index contributed by atoms with van der Waals surface area (Å²) in [6.07, 6.45) is 6.72. The van der Waals surface area contributed by atoms with Crippen LogP contribution in [0, 0.1) is 5.82 Å². The Hall–Kier alpha value is -2.95. The fourth-order valence-electron chi connectivity index (χ4n) is 2.13. The minimum atomic E-state index is -0.289. The summed E-state index contributed by atoms with van der Waals surface area (Å²) in [5.41, 5.74) is 2.54. The number of nitrogens with one attached hydrogen (secondary N) is 2. The first kappa shape index (κ1) is 14.0. The standard InChI is InChI=1S/C17H14FN3O/c18-14-6-3-12(4-7-14)10-20-16(22)8-5-13-11-21-17-15(13)2-1-9-19-17/h1-9,11H,10H2,(H,19,21)(H,20,22). The number of carbonyl (C=O) groups is 1. The molecule has 0 atom stereocenters. The summed E-state index contributed by atoms with van der Waals surface area (Å²) in [6.45, 7) is 0.360. The van der Waals surface area contributed by atoms with Crippen LogP contribution in [0.4, 0.5) is 4.39 Å². The molecule has 2 heterocycles. The topological polar surface area (TPSA) is 57.8 Å². The molecule has 0 unspecified atom stereocenters. The SMILES string of the molecule is O=C(C=Cc1c[nH]c2ncccc12)NCc1ccc(F)cc1. The molecule has 1 amide bonds. The van der Waals surface area contributed by atoms with Gasteiger partial charge in [-0.3, -0.25) is 4.79 Å². The Bertz CT molecular complexity index is 821. The van der Waals surface area contributed by atoms with Gasteiger partial charge in [-0.15, -0.1) is 0 Å². The lowest BCUT2D eigenvalue weighted by Crippen LogP contribution is -2.20. The first-order valence-corrected chi connectivity index (χ1v) is 6.85. The van der Waals surface area contributed by atoms with Crippen LogP contribution in [0.5, 0.6) is 0 Å². The second-order valence-corrected chi connectivity index (χ2v) is 4.82. The number of carbonyl (C=O) groups excluding carboxylic acids is 1. The minimum Gasteiger partial charge on any atom is -0.348 e.